The number of carbonyl (C=O) groups is 1. The van der Waals surface area contributed by atoms with Crippen molar-refractivity contribution >= 4 is 21.4 Å². The van der Waals surface area contributed by atoms with Gasteiger partial charge in [0.2, 0.25) is 5.91 Å². The lowest BCUT2D eigenvalue weighted by Crippen LogP contribution is -2.45. The second-order valence-corrected chi connectivity index (χ2v) is 9.93. The first-order valence-corrected chi connectivity index (χ1v) is 12.4. The number of hydrogen-bond donors (Lipinski definition) is 1. The number of benzene rings is 3. The number of rotatable bonds is 6. The molecule has 0 fully saturated rings. The van der Waals surface area contributed by atoms with E-state index in [1.807, 2.05) is 61.5 Å². The molecule has 0 aliphatic carbocycles. The number of sulfone groups is 1. The summed E-state index contributed by atoms with van der Waals surface area (Å²) in [5, 5.41) is 3.28. The summed E-state index contributed by atoms with van der Waals surface area (Å²) in [5.74, 6) is 0.631. The number of fused-ring (bicyclic) bond motifs is 1. The molecule has 0 saturated carbocycles. The second-order valence-electron chi connectivity index (χ2n) is 7.91. The lowest BCUT2D eigenvalue weighted by molar-refractivity contribution is -0.118. The number of nitrogens with one attached hydrogen (secondary N) is 1. The number of amides is 1. The van der Waals surface area contributed by atoms with Crippen molar-refractivity contribution in [3.05, 3.63) is 90.0 Å². The summed E-state index contributed by atoms with van der Waals surface area (Å²) in [6, 6.07) is 23.8. The van der Waals surface area contributed by atoms with Crippen LogP contribution >= 0.6 is 0 Å². The molecule has 2 unspecified atom stereocenters. The van der Waals surface area contributed by atoms with Gasteiger partial charge < -0.3 is 10.1 Å². The summed E-state index contributed by atoms with van der Waals surface area (Å²) in [6.45, 7) is 2.46. The SMILES string of the molecule is CC(NCC(=O)N1c2ccccc2OCC1c1ccccc1)c1ccc(S(C)(=O)=O)cc1. The van der Waals surface area contributed by atoms with E-state index in [1.54, 1.807) is 29.2 Å². The van der Waals surface area contributed by atoms with Crippen LogP contribution in [0.5, 0.6) is 5.75 Å². The van der Waals surface area contributed by atoms with Gasteiger partial charge in [0.05, 0.1) is 23.2 Å². The molecule has 0 aromatic heterocycles. The minimum Gasteiger partial charge on any atom is -0.489 e. The zero-order valence-electron chi connectivity index (χ0n) is 18.1. The molecule has 166 valence electrons. The quantitative estimate of drug-likeness (QED) is 0.616. The molecule has 0 radical (unpaired) electrons. The van der Waals surface area contributed by atoms with E-state index in [0.717, 1.165) is 16.8 Å². The predicted octanol–water partition coefficient (Wildman–Crippen LogP) is 3.91. The highest BCUT2D eigenvalue weighted by Crippen LogP contribution is 2.39. The van der Waals surface area contributed by atoms with E-state index < -0.39 is 9.84 Å². The van der Waals surface area contributed by atoms with Gasteiger partial charge in [0.1, 0.15) is 12.4 Å². The highest BCUT2D eigenvalue weighted by Gasteiger charge is 2.33. The Bertz CT molecular complexity index is 1190. The van der Waals surface area contributed by atoms with Gasteiger partial charge in [-0.05, 0) is 42.3 Å². The van der Waals surface area contributed by atoms with Gasteiger partial charge in [0, 0.05) is 12.3 Å². The Morgan fingerprint density at radius 3 is 2.38 bits per heavy atom. The van der Waals surface area contributed by atoms with E-state index in [4.69, 9.17) is 4.74 Å². The fourth-order valence-electron chi connectivity index (χ4n) is 3.87. The van der Waals surface area contributed by atoms with E-state index in [2.05, 4.69) is 5.32 Å². The monoisotopic (exact) mass is 450 g/mol. The van der Waals surface area contributed by atoms with Gasteiger partial charge >= 0.3 is 0 Å². The molecule has 1 heterocycles. The highest BCUT2D eigenvalue weighted by atomic mass is 32.2. The van der Waals surface area contributed by atoms with Crippen molar-refractivity contribution in [3.63, 3.8) is 0 Å². The Morgan fingerprint density at radius 2 is 1.69 bits per heavy atom. The molecule has 0 bridgehead atoms. The van der Waals surface area contributed by atoms with Crippen molar-refractivity contribution in [1.82, 2.24) is 5.32 Å². The molecular formula is C25H26N2O4S. The third-order valence-corrected chi connectivity index (χ3v) is 6.78. The Balaban J connectivity index is 1.52. The van der Waals surface area contributed by atoms with Crippen molar-refractivity contribution in [2.24, 2.45) is 0 Å². The van der Waals surface area contributed by atoms with Crippen molar-refractivity contribution in [1.29, 1.82) is 0 Å². The maximum absolute atomic E-state index is 13.4. The molecule has 1 aliphatic heterocycles. The normalized spacial score (nSPS) is 16.7. The van der Waals surface area contributed by atoms with E-state index in [-0.39, 0.29) is 29.4 Å². The first kappa shape index (κ1) is 22.0. The second kappa shape index (κ2) is 9.14. The topological polar surface area (TPSA) is 75.7 Å². The van der Waals surface area contributed by atoms with Gasteiger partial charge in [-0.15, -0.1) is 0 Å². The van der Waals surface area contributed by atoms with E-state index >= 15 is 0 Å². The lowest BCUT2D eigenvalue weighted by atomic mass is 10.0. The molecule has 4 rings (SSSR count). The van der Waals surface area contributed by atoms with Crippen molar-refractivity contribution in [3.8, 4) is 5.75 Å². The van der Waals surface area contributed by atoms with Crippen LogP contribution in [0, 0.1) is 0 Å². The summed E-state index contributed by atoms with van der Waals surface area (Å²) in [5.41, 5.74) is 2.68. The summed E-state index contributed by atoms with van der Waals surface area (Å²) >= 11 is 0. The van der Waals surface area contributed by atoms with Gasteiger partial charge in [-0.2, -0.15) is 0 Å². The van der Waals surface area contributed by atoms with Gasteiger partial charge in [0.25, 0.3) is 0 Å². The molecule has 6 nitrogen and oxygen atoms in total. The molecule has 3 aromatic rings. The molecular weight excluding hydrogens is 424 g/mol. The predicted molar refractivity (Wildman–Crippen MR) is 125 cm³/mol. The molecule has 0 saturated heterocycles. The fraction of sp³-hybridized carbons (Fsp3) is 0.240. The summed E-state index contributed by atoms with van der Waals surface area (Å²) in [6.07, 6.45) is 1.19. The Labute approximate surface area is 188 Å². The zero-order valence-corrected chi connectivity index (χ0v) is 18.9. The van der Waals surface area contributed by atoms with Crippen LogP contribution in [0.2, 0.25) is 0 Å². The Kier molecular flexibility index (Phi) is 6.30. The minimum atomic E-state index is -3.24. The van der Waals surface area contributed by atoms with Crippen LogP contribution in [-0.4, -0.2) is 33.7 Å². The maximum Gasteiger partial charge on any atom is 0.241 e. The number of para-hydroxylation sites is 2. The molecule has 0 spiro atoms. The average molecular weight is 451 g/mol. The first-order chi connectivity index (χ1) is 15.3. The standard InChI is InChI=1S/C25H26N2O4S/c1-18(19-12-14-21(15-13-19)32(2,29)30)26-16-25(28)27-22-10-6-7-11-24(22)31-17-23(27)20-8-4-3-5-9-20/h3-15,18,23,26H,16-17H2,1-2H3. The first-order valence-electron chi connectivity index (χ1n) is 10.5. The number of carbonyl (C=O) groups excluding carboxylic acids is 1. The van der Waals surface area contributed by atoms with Crippen LogP contribution in [0.25, 0.3) is 0 Å². The smallest absolute Gasteiger partial charge is 0.241 e. The van der Waals surface area contributed by atoms with E-state index in [1.165, 1.54) is 6.26 Å². The van der Waals surface area contributed by atoms with Gasteiger partial charge in [-0.25, -0.2) is 8.42 Å². The van der Waals surface area contributed by atoms with Crippen molar-refractivity contribution in [2.45, 2.75) is 23.9 Å². The largest absolute Gasteiger partial charge is 0.489 e. The van der Waals surface area contributed by atoms with Crippen molar-refractivity contribution in [2.75, 3.05) is 24.3 Å². The Morgan fingerprint density at radius 1 is 1.03 bits per heavy atom. The summed E-state index contributed by atoms with van der Waals surface area (Å²) in [4.78, 5) is 15.5. The number of nitrogens with zero attached hydrogens (tertiary/aromatic N) is 1. The third kappa shape index (κ3) is 4.69. The van der Waals surface area contributed by atoms with Gasteiger partial charge in [0.15, 0.2) is 9.84 Å². The van der Waals surface area contributed by atoms with Crippen LogP contribution in [0.1, 0.15) is 30.1 Å². The Hall–Kier alpha value is -3.16. The molecule has 2 atom stereocenters. The third-order valence-electron chi connectivity index (χ3n) is 5.65. The molecule has 1 amide bonds. The fourth-order valence-corrected chi connectivity index (χ4v) is 4.50. The minimum absolute atomic E-state index is 0.0609. The van der Waals surface area contributed by atoms with Gasteiger partial charge in [-0.1, -0.05) is 54.6 Å². The zero-order chi connectivity index (χ0) is 22.7. The summed E-state index contributed by atoms with van der Waals surface area (Å²) in [7, 11) is -3.24. The number of anilines is 1. The van der Waals surface area contributed by atoms with Gasteiger partial charge in [-0.3, -0.25) is 9.69 Å². The van der Waals surface area contributed by atoms with Crippen molar-refractivity contribution < 1.29 is 17.9 Å². The molecule has 32 heavy (non-hydrogen) atoms. The lowest BCUT2D eigenvalue weighted by Gasteiger charge is -2.37. The van der Waals surface area contributed by atoms with Crippen LogP contribution in [0.3, 0.4) is 0 Å². The van der Waals surface area contributed by atoms with Crippen LogP contribution < -0.4 is 15.0 Å². The summed E-state index contributed by atoms with van der Waals surface area (Å²) < 4.78 is 29.3. The van der Waals surface area contributed by atoms with E-state index in [0.29, 0.717) is 12.4 Å². The van der Waals surface area contributed by atoms with Crippen LogP contribution in [0.15, 0.2) is 83.8 Å². The number of ether oxygens (including phenoxy) is 1. The van der Waals surface area contributed by atoms with Crippen LogP contribution in [-0.2, 0) is 14.6 Å². The average Bonchev–Trinajstić information content (AvgIpc) is 2.81. The van der Waals surface area contributed by atoms with E-state index in [9.17, 15) is 13.2 Å². The molecule has 7 heteroatoms. The van der Waals surface area contributed by atoms with Crippen LogP contribution in [0.4, 0.5) is 5.69 Å². The maximum atomic E-state index is 13.4. The highest BCUT2D eigenvalue weighted by molar-refractivity contribution is 7.90. The molecule has 1 N–H and O–H groups in total. The molecule has 1 aliphatic rings. The number of hydrogen-bond acceptors (Lipinski definition) is 5. The molecule has 3 aromatic carbocycles.